The number of amides is 1. The maximum absolute atomic E-state index is 13.7. The number of alkyl halides is 1. The van der Waals surface area contributed by atoms with Crippen LogP contribution >= 0.6 is 0 Å². The highest BCUT2D eigenvalue weighted by molar-refractivity contribution is 5.87. The van der Waals surface area contributed by atoms with E-state index < -0.39 is 17.5 Å². The first kappa shape index (κ1) is 20.8. The molecule has 0 bridgehead atoms. The van der Waals surface area contributed by atoms with Gasteiger partial charge >= 0.3 is 5.69 Å². The van der Waals surface area contributed by atoms with Crippen molar-refractivity contribution in [1.82, 2.24) is 28.7 Å². The zero-order valence-electron chi connectivity index (χ0n) is 19.7. The third kappa shape index (κ3) is 3.24. The van der Waals surface area contributed by atoms with Crippen LogP contribution in [0.5, 0.6) is 0 Å². The normalized spacial score (nSPS) is 21.4. The highest BCUT2D eigenvalue weighted by atomic mass is 19.1. The molecule has 1 amide bonds. The number of nitrogens with two attached hydrogens (primary N) is 1. The zero-order valence-corrected chi connectivity index (χ0v) is 18.7. The molecule has 4 aromatic heterocycles. The minimum absolute atomic E-state index is 0.0246. The van der Waals surface area contributed by atoms with Crippen LogP contribution < -0.4 is 16.7 Å². The van der Waals surface area contributed by atoms with Gasteiger partial charge in [0.25, 0.3) is 0 Å². The fourth-order valence-corrected chi connectivity index (χ4v) is 4.58. The molecule has 5 rings (SSSR count). The van der Waals surface area contributed by atoms with E-state index in [2.05, 4.69) is 20.4 Å². The van der Waals surface area contributed by atoms with Crippen LogP contribution in [0.2, 0.25) is 0 Å². The first-order valence-corrected chi connectivity index (χ1v) is 10.7. The van der Waals surface area contributed by atoms with Crippen molar-refractivity contribution in [3.63, 3.8) is 0 Å². The number of pyridine rings is 1. The van der Waals surface area contributed by atoms with E-state index in [4.69, 9.17) is 11.8 Å². The van der Waals surface area contributed by atoms with E-state index in [1.165, 1.54) is 15.3 Å². The molecule has 0 saturated heterocycles. The average Bonchev–Trinajstić information content (AvgIpc) is 3.34. The zero-order chi connectivity index (χ0) is 24.9. The molecule has 0 spiro atoms. The van der Waals surface area contributed by atoms with Gasteiger partial charge in [-0.1, -0.05) is 0 Å². The minimum Gasteiger partial charge on any atom is -0.383 e. The monoisotopic (exact) mass is 469 g/mol. The van der Waals surface area contributed by atoms with Crippen LogP contribution in [0.4, 0.5) is 16.0 Å². The molecular formula is C22H25FN8O3. The lowest BCUT2D eigenvalue weighted by Gasteiger charge is -2.39. The van der Waals surface area contributed by atoms with Crippen LogP contribution in [0, 0.1) is 0 Å². The summed E-state index contributed by atoms with van der Waals surface area (Å²) >= 11 is 0. The number of fused-ring (bicyclic) bond motifs is 2. The van der Waals surface area contributed by atoms with E-state index in [-0.39, 0.29) is 31.6 Å². The number of aromatic nitrogens is 6. The van der Waals surface area contributed by atoms with Crippen molar-refractivity contribution in [2.24, 2.45) is 12.8 Å². The number of imidazole rings is 2. The third-order valence-electron chi connectivity index (χ3n) is 6.38. The van der Waals surface area contributed by atoms with Crippen molar-refractivity contribution in [1.29, 1.82) is 0 Å². The Bertz CT molecular complexity index is 1490. The van der Waals surface area contributed by atoms with Gasteiger partial charge in [0.15, 0.2) is 5.82 Å². The van der Waals surface area contributed by atoms with Gasteiger partial charge in [-0.2, -0.15) is 0 Å². The SMILES string of the molecule is [2H]Cn1c(=O)n(C(C)COC)c2cc(Nc3ccc4cnc(C5(C(N)=O)CC(F)C5)n4n3)ncc21. The molecule has 0 aromatic carbocycles. The molecule has 1 atom stereocenters. The fraction of sp³-hybridized carbons (Fsp3) is 0.409. The first-order valence-electron chi connectivity index (χ1n) is 11.4. The van der Waals surface area contributed by atoms with Crippen LogP contribution in [-0.2, 0) is 22.0 Å². The smallest absolute Gasteiger partial charge is 0.329 e. The number of nitrogens with one attached hydrogen (secondary N) is 1. The number of methoxy groups -OCH3 is 1. The van der Waals surface area contributed by atoms with Crippen molar-refractivity contribution >= 4 is 34.1 Å². The minimum atomic E-state index is -1.19. The van der Waals surface area contributed by atoms with E-state index in [0.29, 0.717) is 40.6 Å². The number of halogens is 1. The predicted molar refractivity (Wildman–Crippen MR) is 123 cm³/mol. The number of carbonyl (C=O) groups excluding carboxylic acids is 1. The molecule has 1 saturated carbocycles. The fourth-order valence-electron chi connectivity index (χ4n) is 4.58. The Balaban J connectivity index is 1.54. The van der Waals surface area contributed by atoms with Gasteiger partial charge < -0.3 is 15.8 Å². The van der Waals surface area contributed by atoms with E-state index in [9.17, 15) is 14.0 Å². The Morgan fingerprint density at radius 2 is 2.15 bits per heavy atom. The van der Waals surface area contributed by atoms with Gasteiger partial charge in [-0.15, -0.1) is 5.10 Å². The van der Waals surface area contributed by atoms with Crippen LogP contribution in [0.3, 0.4) is 0 Å². The highest BCUT2D eigenvalue weighted by Gasteiger charge is 2.54. The van der Waals surface area contributed by atoms with Gasteiger partial charge in [0.05, 0.1) is 41.6 Å². The van der Waals surface area contributed by atoms with E-state index in [0.717, 1.165) is 0 Å². The molecule has 1 unspecified atom stereocenters. The summed E-state index contributed by atoms with van der Waals surface area (Å²) in [5.41, 5.74) is 5.87. The quantitative estimate of drug-likeness (QED) is 0.420. The Labute approximate surface area is 194 Å². The number of ether oxygens (including phenoxy) is 1. The lowest BCUT2D eigenvalue weighted by Crippen LogP contribution is -2.53. The number of nitrogens with zero attached hydrogens (tertiary/aromatic N) is 6. The molecule has 0 radical (unpaired) electrons. The van der Waals surface area contributed by atoms with Gasteiger partial charge in [-0.3, -0.25) is 13.9 Å². The van der Waals surface area contributed by atoms with Crippen LogP contribution in [-0.4, -0.2) is 54.5 Å². The summed E-state index contributed by atoms with van der Waals surface area (Å²) in [6.07, 6.45) is 1.93. The summed E-state index contributed by atoms with van der Waals surface area (Å²) in [5, 5.41) is 7.65. The van der Waals surface area contributed by atoms with E-state index >= 15 is 0 Å². The third-order valence-corrected chi connectivity index (χ3v) is 6.38. The van der Waals surface area contributed by atoms with Gasteiger partial charge in [0.1, 0.15) is 23.2 Å². The molecule has 0 aliphatic heterocycles. The second-order valence-electron chi connectivity index (χ2n) is 8.66. The number of anilines is 2. The lowest BCUT2D eigenvalue weighted by atomic mass is 9.66. The Kier molecular flexibility index (Phi) is 4.83. The Morgan fingerprint density at radius 1 is 1.35 bits per heavy atom. The number of carbonyl (C=O) groups is 1. The van der Waals surface area contributed by atoms with Crippen LogP contribution in [0.15, 0.2) is 35.4 Å². The maximum Gasteiger partial charge on any atom is 0.329 e. The molecule has 4 aromatic rings. The number of hydrogen-bond acceptors (Lipinski definition) is 7. The van der Waals surface area contributed by atoms with Crippen molar-refractivity contribution in [3.05, 3.63) is 46.9 Å². The Hall–Kier alpha value is -3.80. The second-order valence-corrected chi connectivity index (χ2v) is 8.66. The molecule has 4 heterocycles. The summed E-state index contributed by atoms with van der Waals surface area (Å²) in [5.74, 6) is 0.491. The average molecular weight is 469 g/mol. The number of rotatable bonds is 7. The Morgan fingerprint density at radius 3 is 2.82 bits per heavy atom. The number of primary amides is 1. The standard InChI is InChI=1S/C22H25FN8O3/c1-12(11-34-3)30-15-6-18(25-10-16(15)29(2)21(30)33)27-17-5-4-14-9-26-20(31(14)28-17)22(19(24)32)7-13(23)8-22/h4-6,9-10,12-13H,7-8,11H2,1-3H3,(H2,24,32)(H,25,27,28)/i2D. The van der Waals surface area contributed by atoms with Crippen LogP contribution in [0.1, 0.15) is 33.0 Å². The molecule has 12 heteroatoms. The van der Waals surface area contributed by atoms with Crippen molar-refractivity contribution in [2.75, 3.05) is 19.0 Å². The topological polar surface area (TPSA) is 134 Å². The molecule has 11 nitrogen and oxygen atoms in total. The maximum atomic E-state index is 13.7. The molecule has 1 aliphatic rings. The lowest BCUT2D eigenvalue weighted by molar-refractivity contribution is -0.129. The van der Waals surface area contributed by atoms with Gasteiger partial charge in [-0.05, 0) is 19.1 Å². The van der Waals surface area contributed by atoms with Crippen molar-refractivity contribution in [2.45, 2.75) is 37.4 Å². The van der Waals surface area contributed by atoms with E-state index in [1.54, 1.807) is 36.1 Å². The summed E-state index contributed by atoms with van der Waals surface area (Å²) in [6, 6.07) is 4.93. The molecule has 1 fully saturated rings. The second kappa shape index (κ2) is 7.90. The molecular weight excluding hydrogens is 443 g/mol. The van der Waals surface area contributed by atoms with Gasteiger partial charge in [0.2, 0.25) is 5.91 Å². The highest BCUT2D eigenvalue weighted by Crippen LogP contribution is 2.44. The number of aryl methyl sites for hydroxylation is 1. The van der Waals surface area contributed by atoms with Gasteiger partial charge in [-0.25, -0.2) is 23.7 Å². The van der Waals surface area contributed by atoms with Crippen molar-refractivity contribution < 1.29 is 15.3 Å². The molecule has 3 N–H and O–H groups in total. The molecule has 178 valence electrons. The largest absolute Gasteiger partial charge is 0.383 e. The number of hydrogen-bond donors (Lipinski definition) is 2. The first-order chi connectivity index (χ1) is 16.8. The van der Waals surface area contributed by atoms with Gasteiger partial charge in [0, 0.05) is 34.4 Å². The van der Waals surface area contributed by atoms with Crippen molar-refractivity contribution in [3.8, 4) is 0 Å². The summed E-state index contributed by atoms with van der Waals surface area (Å²) < 4.78 is 31.1. The molecule has 1 aliphatic carbocycles. The predicted octanol–water partition coefficient (Wildman–Crippen LogP) is 1.58. The summed E-state index contributed by atoms with van der Waals surface area (Å²) in [7, 11) is 1.32. The van der Waals surface area contributed by atoms with Crippen LogP contribution in [0.25, 0.3) is 16.6 Å². The summed E-state index contributed by atoms with van der Waals surface area (Å²) in [6.45, 7) is 2.18. The van der Waals surface area contributed by atoms with E-state index in [1.807, 2.05) is 6.92 Å². The summed E-state index contributed by atoms with van der Waals surface area (Å²) in [4.78, 5) is 33.8. The molecule has 34 heavy (non-hydrogen) atoms.